The molecule has 1 aromatic rings. The first-order valence-corrected chi connectivity index (χ1v) is 2.64. The Morgan fingerprint density at radius 3 is 2.00 bits per heavy atom. The van der Waals surface area contributed by atoms with Crippen molar-refractivity contribution in [3.05, 3.63) is 6.33 Å². The quantitative estimate of drug-likeness (QED) is 0.575. The molecular weight excluding hydrogens is 134 g/mol. The van der Waals surface area contributed by atoms with Crippen molar-refractivity contribution in [3.8, 4) is 12.0 Å². The highest BCUT2D eigenvalue weighted by atomic mass is 16.5. The second kappa shape index (κ2) is 2.95. The van der Waals surface area contributed by atoms with Crippen LogP contribution in [0.2, 0.25) is 0 Å². The standard InChI is InChI=1S/C5H7N3O2/c1-9-4-6-3-7-5(8-4)10-2/h3H,1-2H3. The van der Waals surface area contributed by atoms with E-state index in [0.717, 1.165) is 0 Å². The van der Waals surface area contributed by atoms with E-state index in [1.807, 2.05) is 0 Å². The lowest BCUT2D eigenvalue weighted by atomic mass is 11.0. The van der Waals surface area contributed by atoms with Crippen LogP contribution in [0.5, 0.6) is 12.0 Å². The minimum absolute atomic E-state index is 0.256. The van der Waals surface area contributed by atoms with Gasteiger partial charge in [-0.3, -0.25) is 0 Å². The molecule has 0 radical (unpaired) electrons. The van der Waals surface area contributed by atoms with Crippen molar-refractivity contribution in [2.24, 2.45) is 0 Å². The topological polar surface area (TPSA) is 57.1 Å². The van der Waals surface area contributed by atoms with Gasteiger partial charge < -0.3 is 9.47 Å². The number of hydrogen-bond donors (Lipinski definition) is 0. The lowest BCUT2D eigenvalue weighted by Gasteiger charge is -1.97. The molecular formula is C5H7N3O2. The normalized spacial score (nSPS) is 9.00. The number of rotatable bonds is 2. The van der Waals surface area contributed by atoms with Crippen LogP contribution < -0.4 is 9.47 Å². The molecule has 0 aromatic carbocycles. The van der Waals surface area contributed by atoms with Crippen molar-refractivity contribution in [1.82, 2.24) is 15.0 Å². The van der Waals surface area contributed by atoms with E-state index in [9.17, 15) is 0 Å². The summed E-state index contributed by atoms with van der Waals surface area (Å²) in [5.74, 6) is 0. The van der Waals surface area contributed by atoms with Gasteiger partial charge in [0.1, 0.15) is 6.33 Å². The SMILES string of the molecule is COc1ncnc(OC)n1. The van der Waals surface area contributed by atoms with E-state index >= 15 is 0 Å². The minimum atomic E-state index is 0.256. The molecule has 1 heterocycles. The molecule has 0 aliphatic heterocycles. The van der Waals surface area contributed by atoms with Crippen molar-refractivity contribution in [1.29, 1.82) is 0 Å². The van der Waals surface area contributed by atoms with E-state index in [2.05, 4.69) is 15.0 Å². The van der Waals surface area contributed by atoms with Gasteiger partial charge in [-0.15, -0.1) is 4.98 Å². The zero-order valence-electron chi connectivity index (χ0n) is 5.74. The Kier molecular flexibility index (Phi) is 1.99. The summed E-state index contributed by atoms with van der Waals surface area (Å²) >= 11 is 0. The Balaban J connectivity index is 2.87. The van der Waals surface area contributed by atoms with Crippen molar-refractivity contribution in [3.63, 3.8) is 0 Å². The number of hydrogen-bond acceptors (Lipinski definition) is 5. The molecule has 5 heteroatoms. The highest BCUT2D eigenvalue weighted by Gasteiger charge is 1.96. The summed E-state index contributed by atoms with van der Waals surface area (Å²) in [7, 11) is 2.96. The van der Waals surface area contributed by atoms with Crippen LogP contribution in [0.4, 0.5) is 0 Å². The van der Waals surface area contributed by atoms with E-state index in [1.165, 1.54) is 20.5 Å². The first kappa shape index (κ1) is 6.73. The van der Waals surface area contributed by atoms with Gasteiger partial charge in [-0.25, -0.2) is 0 Å². The highest BCUT2D eigenvalue weighted by Crippen LogP contribution is 2.03. The molecule has 54 valence electrons. The van der Waals surface area contributed by atoms with Crippen LogP contribution in [0, 0.1) is 0 Å². The summed E-state index contributed by atoms with van der Waals surface area (Å²) in [5.41, 5.74) is 0. The van der Waals surface area contributed by atoms with Gasteiger partial charge in [0.2, 0.25) is 0 Å². The van der Waals surface area contributed by atoms with E-state index in [1.54, 1.807) is 0 Å². The fourth-order valence-corrected chi connectivity index (χ4v) is 0.464. The fraction of sp³-hybridized carbons (Fsp3) is 0.400. The van der Waals surface area contributed by atoms with Crippen LogP contribution in [-0.4, -0.2) is 29.2 Å². The molecule has 1 rings (SSSR count). The molecule has 0 atom stereocenters. The minimum Gasteiger partial charge on any atom is -0.467 e. The van der Waals surface area contributed by atoms with Gasteiger partial charge in [0.25, 0.3) is 0 Å². The molecule has 0 aliphatic carbocycles. The van der Waals surface area contributed by atoms with Gasteiger partial charge >= 0.3 is 12.0 Å². The molecule has 0 saturated carbocycles. The predicted octanol–water partition coefficient (Wildman–Crippen LogP) is -0.111. The zero-order valence-corrected chi connectivity index (χ0v) is 5.74. The third-order valence-corrected chi connectivity index (χ3v) is 0.893. The van der Waals surface area contributed by atoms with Crippen molar-refractivity contribution < 1.29 is 9.47 Å². The van der Waals surface area contributed by atoms with Gasteiger partial charge in [-0.2, -0.15) is 9.97 Å². The molecule has 0 unspecified atom stereocenters. The largest absolute Gasteiger partial charge is 0.467 e. The summed E-state index contributed by atoms with van der Waals surface area (Å²) < 4.78 is 9.43. The number of methoxy groups -OCH3 is 2. The van der Waals surface area contributed by atoms with Gasteiger partial charge in [-0.1, -0.05) is 0 Å². The van der Waals surface area contributed by atoms with Crippen LogP contribution in [-0.2, 0) is 0 Å². The smallest absolute Gasteiger partial charge is 0.322 e. The Labute approximate surface area is 58.0 Å². The lowest BCUT2D eigenvalue weighted by molar-refractivity contribution is 0.339. The van der Waals surface area contributed by atoms with Gasteiger partial charge in [0.15, 0.2) is 0 Å². The third-order valence-electron chi connectivity index (χ3n) is 0.893. The maximum absolute atomic E-state index is 4.71. The first-order valence-electron chi connectivity index (χ1n) is 2.64. The van der Waals surface area contributed by atoms with Crippen LogP contribution >= 0.6 is 0 Å². The third kappa shape index (κ3) is 1.31. The lowest BCUT2D eigenvalue weighted by Crippen LogP contribution is -1.96. The van der Waals surface area contributed by atoms with E-state index < -0.39 is 0 Å². The van der Waals surface area contributed by atoms with Gasteiger partial charge in [0.05, 0.1) is 14.2 Å². The Morgan fingerprint density at radius 1 is 1.10 bits per heavy atom. The molecule has 5 nitrogen and oxygen atoms in total. The Morgan fingerprint density at radius 2 is 1.60 bits per heavy atom. The predicted molar refractivity (Wildman–Crippen MR) is 32.9 cm³/mol. The molecule has 0 amide bonds. The summed E-state index contributed by atoms with van der Waals surface area (Å²) in [6, 6.07) is 0.513. The number of ether oxygens (including phenoxy) is 2. The molecule has 1 aromatic heterocycles. The summed E-state index contributed by atoms with van der Waals surface area (Å²) in [4.78, 5) is 11.1. The van der Waals surface area contributed by atoms with Crippen LogP contribution in [0.25, 0.3) is 0 Å². The molecule has 0 aliphatic rings. The first-order chi connectivity index (χ1) is 4.86. The zero-order chi connectivity index (χ0) is 7.40. The van der Waals surface area contributed by atoms with Crippen LogP contribution in [0.1, 0.15) is 0 Å². The maximum Gasteiger partial charge on any atom is 0.322 e. The highest BCUT2D eigenvalue weighted by molar-refractivity contribution is 4.98. The van der Waals surface area contributed by atoms with Crippen LogP contribution in [0.3, 0.4) is 0 Å². The van der Waals surface area contributed by atoms with E-state index in [4.69, 9.17) is 9.47 Å². The molecule has 0 fully saturated rings. The molecule has 10 heavy (non-hydrogen) atoms. The monoisotopic (exact) mass is 141 g/mol. The summed E-state index contributed by atoms with van der Waals surface area (Å²) in [5, 5.41) is 0. The summed E-state index contributed by atoms with van der Waals surface area (Å²) in [6.07, 6.45) is 1.32. The maximum atomic E-state index is 4.71. The second-order valence-corrected chi connectivity index (χ2v) is 1.46. The fourth-order valence-electron chi connectivity index (χ4n) is 0.464. The number of aromatic nitrogens is 3. The second-order valence-electron chi connectivity index (χ2n) is 1.46. The average molecular weight is 141 g/mol. The molecule has 0 N–H and O–H groups in total. The molecule has 0 spiro atoms. The van der Waals surface area contributed by atoms with Crippen molar-refractivity contribution in [2.75, 3.05) is 14.2 Å². The summed E-state index contributed by atoms with van der Waals surface area (Å²) in [6.45, 7) is 0. The average Bonchev–Trinajstić information content (AvgIpc) is 2.05. The number of nitrogens with zero attached hydrogens (tertiary/aromatic N) is 3. The molecule has 0 bridgehead atoms. The Hall–Kier alpha value is -1.39. The Bertz CT molecular complexity index is 197. The van der Waals surface area contributed by atoms with E-state index in [0.29, 0.717) is 0 Å². The van der Waals surface area contributed by atoms with Crippen LogP contribution in [0.15, 0.2) is 6.33 Å². The van der Waals surface area contributed by atoms with Gasteiger partial charge in [-0.05, 0) is 0 Å². The van der Waals surface area contributed by atoms with Crippen molar-refractivity contribution >= 4 is 0 Å². The molecule has 0 saturated heterocycles. The van der Waals surface area contributed by atoms with E-state index in [-0.39, 0.29) is 12.0 Å². The van der Waals surface area contributed by atoms with Gasteiger partial charge in [0, 0.05) is 0 Å². The van der Waals surface area contributed by atoms with Crippen molar-refractivity contribution in [2.45, 2.75) is 0 Å².